The monoisotopic (exact) mass is 298 g/mol. The Morgan fingerprint density at radius 2 is 2.24 bits per heavy atom. The van der Waals surface area contributed by atoms with Gasteiger partial charge >= 0.3 is 0 Å². The minimum Gasteiger partial charge on any atom is -0.389 e. The Balaban J connectivity index is 2.34. The van der Waals surface area contributed by atoms with Gasteiger partial charge in [-0.15, -0.1) is 0 Å². The van der Waals surface area contributed by atoms with Crippen LogP contribution in [0.25, 0.3) is 0 Å². The summed E-state index contributed by atoms with van der Waals surface area (Å²) in [5.41, 5.74) is 1.30. The number of aliphatic hydroxyl groups excluding tert-OH is 1. The number of carbonyl (C=O) groups is 1. The van der Waals surface area contributed by atoms with Crippen molar-refractivity contribution in [1.29, 1.82) is 0 Å². The van der Waals surface area contributed by atoms with E-state index in [4.69, 9.17) is 4.74 Å². The fourth-order valence-electron chi connectivity index (χ4n) is 1.92. The van der Waals surface area contributed by atoms with Crippen LogP contribution in [-0.2, 0) is 16.1 Å². The highest BCUT2D eigenvalue weighted by Crippen LogP contribution is 2.08. The molecule has 0 saturated carbocycles. The maximum absolute atomic E-state index is 13.4. The molecule has 21 heavy (non-hydrogen) atoms. The molecule has 0 aliphatic rings. The summed E-state index contributed by atoms with van der Waals surface area (Å²) in [5, 5.41) is 12.3. The summed E-state index contributed by atoms with van der Waals surface area (Å²) in [6.45, 7) is 2.71. The normalized spacial score (nSPS) is 12.5. The van der Waals surface area contributed by atoms with Gasteiger partial charge < -0.3 is 15.2 Å². The topological polar surface area (TPSA) is 61.8 Å². The third-order valence-electron chi connectivity index (χ3n) is 3.02. The molecule has 0 fully saturated rings. The van der Waals surface area contributed by atoms with Crippen LogP contribution >= 0.6 is 0 Å². The van der Waals surface area contributed by atoms with Crippen molar-refractivity contribution in [1.82, 2.24) is 10.2 Å². The van der Waals surface area contributed by atoms with Crippen LogP contribution in [0.3, 0.4) is 0 Å². The first-order valence-corrected chi connectivity index (χ1v) is 6.79. The van der Waals surface area contributed by atoms with E-state index in [-0.39, 0.29) is 31.4 Å². The van der Waals surface area contributed by atoms with Gasteiger partial charge in [-0.1, -0.05) is 12.1 Å². The maximum atomic E-state index is 13.4. The molecule has 0 saturated heterocycles. The van der Waals surface area contributed by atoms with Crippen LogP contribution < -0.4 is 5.32 Å². The lowest BCUT2D eigenvalue weighted by Gasteiger charge is -2.19. The first-order valence-electron chi connectivity index (χ1n) is 6.79. The van der Waals surface area contributed by atoms with Gasteiger partial charge in [0.1, 0.15) is 5.82 Å². The predicted molar refractivity (Wildman–Crippen MR) is 78.4 cm³/mol. The third kappa shape index (κ3) is 6.66. The zero-order valence-corrected chi connectivity index (χ0v) is 12.7. The van der Waals surface area contributed by atoms with Crippen LogP contribution in [0.15, 0.2) is 18.2 Å². The van der Waals surface area contributed by atoms with Crippen LogP contribution in [0.2, 0.25) is 0 Å². The lowest BCUT2D eigenvalue weighted by Crippen LogP contribution is -2.39. The molecule has 0 aliphatic carbocycles. The first kappa shape index (κ1) is 17.6. The molecule has 1 atom stereocenters. The van der Waals surface area contributed by atoms with Crippen LogP contribution in [0.5, 0.6) is 0 Å². The molecule has 0 aliphatic heterocycles. The summed E-state index contributed by atoms with van der Waals surface area (Å²) in [6, 6.07) is 4.89. The number of nitrogens with one attached hydrogen (secondary N) is 1. The summed E-state index contributed by atoms with van der Waals surface area (Å²) in [6.07, 6.45) is -0.626. The van der Waals surface area contributed by atoms with Crippen molar-refractivity contribution in [3.63, 3.8) is 0 Å². The van der Waals surface area contributed by atoms with Crippen LogP contribution in [0.4, 0.5) is 4.39 Å². The van der Waals surface area contributed by atoms with E-state index in [9.17, 15) is 14.3 Å². The zero-order chi connectivity index (χ0) is 15.8. The molecule has 1 rings (SSSR count). The second-order valence-electron chi connectivity index (χ2n) is 5.17. The van der Waals surface area contributed by atoms with Gasteiger partial charge in [0.05, 0.1) is 19.3 Å². The number of nitrogens with zero attached hydrogens (tertiary/aromatic N) is 1. The van der Waals surface area contributed by atoms with E-state index in [1.54, 1.807) is 31.0 Å². The molecule has 1 aromatic rings. The molecule has 1 amide bonds. The van der Waals surface area contributed by atoms with E-state index >= 15 is 0 Å². The van der Waals surface area contributed by atoms with E-state index in [0.717, 1.165) is 0 Å². The van der Waals surface area contributed by atoms with Crippen LogP contribution in [0.1, 0.15) is 11.1 Å². The number of likely N-dealkylation sites (N-methyl/N-ethyl adjacent to an activating group) is 1. The number of rotatable bonds is 8. The Labute approximate surface area is 124 Å². The molecule has 5 nitrogen and oxygen atoms in total. The minimum absolute atomic E-state index is 0.162. The standard InChI is InChI=1S/C15H23FN2O3/c1-11-4-5-12(6-14(11)16)7-17-15(20)9-18(2)8-13(19)10-21-3/h4-6,13,19H,7-10H2,1-3H3,(H,17,20). The second kappa shape index (κ2) is 8.71. The van der Waals surface area contributed by atoms with Crippen molar-refractivity contribution in [2.75, 3.05) is 33.9 Å². The Kier molecular flexibility index (Phi) is 7.28. The molecule has 6 heteroatoms. The van der Waals surface area contributed by atoms with Gasteiger partial charge in [-0.2, -0.15) is 0 Å². The maximum Gasteiger partial charge on any atom is 0.234 e. The predicted octanol–water partition coefficient (Wildman–Crippen LogP) is 0.689. The molecular formula is C15H23FN2O3. The fourth-order valence-corrected chi connectivity index (χ4v) is 1.92. The van der Waals surface area contributed by atoms with E-state index in [0.29, 0.717) is 17.7 Å². The molecule has 1 unspecified atom stereocenters. The van der Waals surface area contributed by atoms with Crippen LogP contribution in [0, 0.1) is 12.7 Å². The highest BCUT2D eigenvalue weighted by atomic mass is 19.1. The molecule has 0 heterocycles. The molecule has 0 radical (unpaired) electrons. The Hall–Kier alpha value is -1.50. The number of hydrogen-bond donors (Lipinski definition) is 2. The summed E-state index contributed by atoms with van der Waals surface area (Å²) in [7, 11) is 3.25. The van der Waals surface area contributed by atoms with E-state index in [1.807, 2.05) is 0 Å². The average Bonchev–Trinajstić information content (AvgIpc) is 2.40. The smallest absolute Gasteiger partial charge is 0.234 e. The number of carbonyl (C=O) groups excluding carboxylic acids is 1. The number of halogens is 1. The Morgan fingerprint density at radius 3 is 2.86 bits per heavy atom. The minimum atomic E-state index is -0.626. The lowest BCUT2D eigenvalue weighted by molar-refractivity contribution is -0.122. The van der Waals surface area contributed by atoms with Crippen molar-refractivity contribution >= 4 is 5.91 Å². The summed E-state index contributed by atoms with van der Waals surface area (Å²) >= 11 is 0. The van der Waals surface area contributed by atoms with Gasteiger partial charge in [0.25, 0.3) is 0 Å². The quantitative estimate of drug-likeness (QED) is 0.741. The average molecular weight is 298 g/mol. The third-order valence-corrected chi connectivity index (χ3v) is 3.02. The number of benzene rings is 1. The van der Waals surface area contributed by atoms with Gasteiger partial charge in [-0.05, 0) is 31.2 Å². The van der Waals surface area contributed by atoms with Crippen molar-refractivity contribution in [2.45, 2.75) is 19.6 Å². The van der Waals surface area contributed by atoms with Crippen molar-refractivity contribution in [2.24, 2.45) is 0 Å². The lowest BCUT2D eigenvalue weighted by atomic mass is 10.1. The highest BCUT2D eigenvalue weighted by molar-refractivity contribution is 5.77. The number of aryl methyl sites for hydroxylation is 1. The summed E-state index contributed by atoms with van der Waals surface area (Å²) in [5.74, 6) is -0.454. The van der Waals surface area contributed by atoms with Crippen molar-refractivity contribution in [3.8, 4) is 0 Å². The highest BCUT2D eigenvalue weighted by Gasteiger charge is 2.11. The second-order valence-corrected chi connectivity index (χ2v) is 5.17. The number of hydrogen-bond acceptors (Lipinski definition) is 4. The summed E-state index contributed by atoms with van der Waals surface area (Å²) in [4.78, 5) is 13.5. The van der Waals surface area contributed by atoms with E-state index < -0.39 is 6.10 Å². The molecule has 0 bridgehead atoms. The van der Waals surface area contributed by atoms with Gasteiger partial charge in [0.2, 0.25) is 5.91 Å². The number of methoxy groups -OCH3 is 1. The zero-order valence-electron chi connectivity index (χ0n) is 12.7. The summed E-state index contributed by atoms with van der Waals surface area (Å²) < 4.78 is 18.2. The van der Waals surface area contributed by atoms with Crippen LogP contribution in [-0.4, -0.2) is 55.9 Å². The van der Waals surface area contributed by atoms with Gasteiger partial charge in [0, 0.05) is 20.2 Å². The van der Waals surface area contributed by atoms with Gasteiger partial charge in [-0.25, -0.2) is 4.39 Å². The Morgan fingerprint density at radius 1 is 1.52 bits per heavy atom. The van der Waals surface area contributed by atoms with E-state index in [2.05, 4.69) is 5.32 Å². The number of ether oxygens (including phenoxy) is 1. The number of aliphatic hydroxyl groups is 1. The van der Waals surface area contributed by atoms with Gasteiger partial charge in [0.15, 0.2) is 0 Å². The SMILES string of the molecule is COCC(O)CN(C)CC(=O)NCc1ccc(C)c(F)c1. The van der Waals surface area contributed by atoms with E-state index in [1.165, 1.54) is 13.2 Å². The molecule has 2 N–H and O–H groups in total. The first-order chi connectivity index (χ1) is 9.92. The number of amides is 1. The molecule has 118 valence electrons. The van der Waals surface area contributed by atoms with Gasteiger partial charge in [-0.3, -0.25) is 9.69 Å². The molecular weight excluding hydrogens is 275 g/mol. The largest absolute Gasteiger partial charge is 0.389 e. The van der Waals surface area contributed by atoms with Crippen molar-refractivity contribution in [3.05, 3.63) is 35.1 Å². The molecule has 0 aromatic heterocycles. The Bertz CT molecular complexity index is 468. The molecule has 0 spiro atoms. The fraction of sp³-hybridized carbons (Fsp3) is 0.533. The molecule has 1 aromatic carbocycles. The van der Waals surface area contributed by atoms with Crippen molar-refractivity contribution < 1.29 is 19.0 Å².